The van der Waals surface area contributed by atoms with Gasteiger partial charge in [-0.15, -0.1) is 12.4 Å². The maximum Gasteiger partial charge on any atom is 0.416 e. The number of halogens is 4. The molecule has 5 nitrogen and oxygen atoms in total. The molecule has 9 heteroatoms. The summed E-state index contributed by atoms with van der Waals surface area (Å²) in [6, 6.07) is 7.10. The smallest absolute Gasteiger partial charge is 0.336 e. The normalized spacial score (nSPS) is 17.3. The first-order valence-corrected chi connectivity index (χ1v) is 8.52. The van der Waals surface area contributed by atoms with Crippen LogP contribution in [0.4, 0.5) is 13.2 Å². The van der Waals surface area contributed by atoms with Crippen molar-refractivity contribution in [3.8, 4) is 0 Å². The van der Waals surface area contributed by atoms with E-state index in [9.17, 15) is 18.0 Å². The number of carbonyl (C=O) groups excluding carboxylic acids is 1. The van der Waals surface area contributed by atoms with Gasteiger partial charge in [0.25, 0.3) is 5.91 Å². The summed E-state index contributed by atoms with van der Waals surface area (Å²) in [5, 5.41) is 7.62. The summed E-state index contributed by atoms with van der Waals surface area (Å²) < 4.78 is 41.1. The minimum atomic E-state index is -4.45. The van der Waals surface area contributed by atoms with Gasteiger partial charge in [-0.05, 0) is 37.1 Å². The second-order valence-electron chi connectivity index (χ2n) is 6.50. The molecule has 1 aromatic heterocycles. The number of carbonyl (C=O) groups is 1. The zero-order valence-electron chi connectivity index (χ0n) is 14.9. The van der Waals surface area contributed by atoms with Gasteiger partial charge in [-0.2, -0.15) is 18.3 Å². The van der Waals surface area contributed by atoms with Gasteiger partial charge in [-0.1, -0.05) is 18.2 Å². The van der Waals surface area contributed by atoms with Crippen LogP contribution in [-0.4, -0.2) is 40.7 Å². The highest BCUT2D eigenvalue weighted by Crippen LogP contribution is 2.32. The molecule has 1 atom stereocenters. The van der Waals surface area contributed by atoms with Crippen molar-refractivity contribution in [2.24, 2.45) is 0 Å². The van der Waals surface area contributed by atoms with Crippen LogP contribution in [0.15, 0.2) is 36.5 Å². The van der Waals surface area contributed by atoms with Crippen molar-refractivity contribution in [3.05, 3.63) is 53.3 Å². The highest BCUT2D eigenvalue weighted by Gasteiger charge is 2.33. The van der Waals surface area contributed by atoms with E-state index in [1.165, 1.54) is 30.1 Å². The largest absolute Gasteiger partial charge is 0.416 e. The number of nitrogens with zero attached hydrogens (tertiary/aromatic N) is 3. The molecule has 0 saturated carbocycles. The third kappa shape index (κ3) is 5.01. The summed E-state index contributed by atoms with van der Waals surface area (Å²) in [6.07, 6.45) is -0.669. The predicted octanol–water partition coefficient (Wildman–Crippen LogP) is 3.52. The van der Waals surface area contributed by atoms with Crippen molar-refractivity contribution < 1.29 is 18.0 Å². The Balaban J connectivity index is 0.00000261. The number of alkyl halides is 3. The molecule has 1 unspecified atom stereocenters. The Kier molecular flexibility index (Phi) is 6.89. The lowest BCUT2D eigenvalue weighted by molar-refractivity contribution is -0.138. The number of hydrogen-bond donors (Lipinski definition) is 1. The van der Waals surface area contributed by atoms with Crippen molar-refractivity contribution in [1.29, 1.82) is 0 Å². The highest BCUT2D eigenvalue weighted by molar-refractivity contribution is 5.92. The Morgan fingerprint density at radius 1 is 1.33 bits per heavy atom. The quantitative estimate of drug-likeness (QED) is 0.851. The zero-order valence-corrected chi connectivity index (χ0v) is 15.7. The molecule has 0 spiro atoms. The van der Waals surface area contributed by atoms with Crippen LogP contribution in [0.5, 0.6) is 0 Å². The summed E-state index contributed by atoms with van der Waals surface area (Å²) in [4.78, 5) is 13.8. The molecule has 0 aliphatic carbocycles. The van der Waals surface area contributed by atoms with Crippen molar-refractivity contribution in [2.75, 3.05) is 20.1 Å². The molecule has 1 aromatic carbocycles. The fourth-order valence-electron chi connectivity index (χ4n) is 3.17. The number of nitrogens with one attached hydrogen (secondary N) is 1. The minimum absolute atomic E-state index is 0. The monoisotopic (exact) mass is 402 g/mol. The summed E-state index contributed by atoms with van der Waals surface area (Å²) >= 11 is 0. The summed E-state index contributed by atoms with van der Waals surface area (Å²) in [7, 11) is 1.48. The molecule has 3 rings (SSSR count). The van der Waals surface area contributed by atoms with Crippen LogP contribution in [0.25, 0.3) is 0 Å². The number of piperidine rings is 1. The molecule has 1 saturated heterocycles. The Hall–Kier alpha value is -2.06. The van der Waals surface area contributed by atoms with Gasteiger partial charge in [0.15, 0.2) is 0 Å². The molecule has 2 heterocycles. The lowest BCUT2D eigenvalue weighted by Gasteiger charge is -2.23. The van der Waals surface area contributed by atoms with E-state index in [1.54, 1.807) is 16.9 Å². The van der Waals surface area contributed by atoms with Crippen molar-refractivity contribution in [3.63, 3.8) is 0 Å². The maximum absolute atomic E-state index is 13.1. The Bertz CT molecular complexity index is 772. The lowest BCUT2D eigenvalue weighted by atomic mass is 10.1. The van der Waals surface area contributed by atoms with E-state index in [1.807, 2.05) is 0 Å². The molecule has 148 valence electrons. The van der Waals surface area contributed by atoms with Crippen LogP contribution in [0, 0.1) is 0 Å². The molecule has 1 amide bonds. The predicted molar refractivity (Wildman–Crippen MR) is 97.9 cm³/mol. The van der Waals surface area contributed by atoms with Crippen LogP contribution in [0.1, 0.15) is 40.5 Å². The van der Waals surface area contributed by atoms with Crippen LogP contribution >= 0.6 is 12.4 Å². The minimum Gasteiger partial charge on any atom is -0.336 e. The van der Waals surface area contributed by atoms with E-state index in [-0.39, 0.29) is 36.3 Å². The molecule has 0 radical (unpaired) electrons. The van der Waals surface area contributed by atoms with E-state index in [2.05, 4.69) is 10.4 Å². The van der Waals surface area contributed by atoms with Gasteiger partial charge >= 0.3 is 6.18 Å². The summed E-state index contributed by atoms with van der Waals surface area (Å²) in [6.45, 7) is 1.64. The van der Waals surface area contributed by atoms with Gasteiger partial charge in [0, 0.05) is 26.3 Å². The average molecular weight is 403 g/mol. The average Bonchev–Trinajstić information content (AvgIpc) is 3.11. The molecular formula is C18H22ClF3N4O. The third-order valence-corrected chi connectivity index (χ3v) is 4.55. The maximum atomic E-state index is 13.1. The number of benzene rings is 1. The molecule has 0 bridgehead atoms. The summed E-state index contributed by atoms with van der Waals surface area (Å²) in [5.41, 5.74) is -0.423. The molecule has 1 fully saturated rings. The van der Waals surface area contributed by atoms with Crippen LogP contribution in [0.2, 0.25) is 0 Å². The number of rotatable bonds is 4. The van der Waals surface area contributed by atoms with Crippen LogP contribution in [0.3, 0.4) is 0 Å². The Morgan fingerprint density at radius 2 is 2.07 bits per heavy atom. The van der Waals surface area contributed by atoms with E-state index >= 15 is 0 Å². The molecule has 1 N–H and O–H groups in total. The summed E-state index contributed by atoms with van der Waals surface area (Å²) in [5.74, 6) is -0.399. The molecule has 1 aliphatic rings. The SMILES string of the molecule is CN(Cc1ccccc1C(F)(F)F)C(=O)c1ccn(C2CCCNC2)n1.Cl. The van der Waals surface area contributed by atoms with Crippen LogP contribution in [-0.2, 0) is 12.7 Å². The molecule has 27 heavy (non-hydrogen) atoms. The lowest BCUT2D eigenvalue weighted by Crippen LogP contribution is -2.32. The third-order valence-electron chi connectivity index (χ3n) is 4.55. The first-order valence-electron chi connectivity index (χ1n) is 8.52. The number of hydrogen-bond acceptors (Lipinski definition) is 3. The topological polar surface area (TPSA) is 50.2 Å². The van der Waals surface area contributed by atoms with E-state index in [0.717, 1.165) is 32.0 Å². The van der Waals surface area contributed by atoms with Crippen molar-refractivity contribution >= 4 is 18.3 Å². The first kappa shape index (κ1) is 21.2. The first-order chi connectivity index (χ1) is 12.4. The van der Waals surface area contributed by atoms with E-state index in [4.69, 9.17) is 0 Å². The molecular weight excluding hydrogens is 381 g/mol. The van der Waals surface area contributed by atoms with Gasteiger partial charge in [0.1, 0.15) is 5.69 Å². The van der Waals surface area contributed by atoms with Crippen molar-refractivity contribution in [2.45, 2.75) is 31.6 Å². The van der Waals surface area contributed by atoms with Gasteiger partial charge in [0.2, 0.25) is 0 Å². The molecule has 2 aromatic rings. The van der Waals surface area contributed by atoms with Gasteiger partial charge in [0.05, 0.1) is 11.6 Å². The van der Waals surface area contributed by atoms with Gasteiger partial charge < -0.3 is 10.2 Å². The molecule has 1 aliphatic heterocycles. The van der Waals surface area contributed by atoms with Crippen LogP contribution < -0.4 is 5.32 Å². The number of aromatic nitrogens is 2. The van der Waals surface area contributed by atoms with E-state index in [0.29, 0.717) is 0 Å². The second-order valence-corrected chi connectivity index (χ2v) is 6.50. The fraction of sp³-hybridized carbons (Fsp3) is 0.444. The fourth-order valence-corrected chi connectivity index (χ4v) is 3.17. The highest BCUT2D eigenvalue weighted by atomic mass is 35.5. The standard InChI is InChI=1S/C18H21F3N4O.ClH/c1-24(12-13-5-2-3-7-15(13)18(19,20)21)17(26)16-8-10-25(23-16)14-6-4-9-22-11-14;/h2-3,5,7-8,10,14,22H,4,6,9,11-12H2,1H3;1H. The van der Waals surface area contributed by atoms with Gasteiger partial charge in [-0.3, -0.25) is 9.48 Å². The second kappa shape index (κ2) is 8.75. The zero-order chi connectivity index (χ0) is 18.7. The van der Waals surface area contributed by atoms with Gasteiger partial charge in [-0.25, -0.2) is 0 Å². The Labute approximate surface area is 161 Å². The van der Waals surface area contributed by atoms with Crippen molar-refractivity contribution in [1.82, 2.24) is 20.0 Å². The van der Waals surface area contributed by atoms with E-state index < -0.39 is 17.6 Å². The Morgan fingerprint density at radius 3 is 2.74 bits per heavy atom. The number of amides is 1.